The summed E-state index contributed by atoms with van der Waals surface area (Å²) in [7, 11) is -2.70. The number of ether oxygens (including phenoxy) is 1. The van der Waals surface area contributed by atoms with Gasteiger partial charge in [0.1, 0.15) is 16.5 Å². The normalized spacial score (nSPS) is 15.3. The molecule has 6 nitrogen and oxygen atoms in total. The Balaban J connectivity index is 1.83. The van der Waals surface area contributed by atoms with E-state index >= 15 is 0 Å². The van der Waals surface area contributed by atoms with Crippen LogP contribution in [0.1, 0.15) is 42.5 Å². The number of rotatable bonds is 5. The number of nitrogens with one attached hydrogen (secondary N) is 1. The SMILES string of the molecule is COc1ccc(NS(=O)(=O)c2cc(C(=O)N3CCCCCCC3)ccc2F)cc1. The molecule has 1 fully saturated rings. The summed E-state index contributed by atoms with van der Waals surface area (Å²) in [6, 6.07) is 9.70. The smallest absolute Gasteiger partial charge is 0.264 e. The molecule has 1 heterocycles. The molecule has 0 atom stereocenters. The second-order valence-electron chi connectivity index (χ2n) is 7.04. The number of nitrogens with zero attached hydrogens (tertiary/aromatic N) is 1. The molecule has 0 bridgehead atoms. The number of benzene rings is 2. The second kappa shape index (κ2) is 9.26. The van der Waals surface area contributed by atoms with Crippen molar-refractivity contribution >= 4 is 21.6 Å². The maximum absolute atomic E-state index is 14.3. The van der Waals surface area contributed by atoms with Crippen molar-refractivity contribution in [2.45, 2.75) is 37.0 Å². The summed E-state index contributed by atoms with van der Waals surface area (Å²) in [5, 5.41) is 0. The first kappa shape index (κ1) is 21.1. The van der Waals surface area contributed by atoms with Crippen LogP contribution in [0.4, 0.5) is 10.1 Å². The minimum absolute atomic E-state index is 0.169. The molecule has 1 saturated heterocycles. The van der Waals surface area contributed by atoms with Gasteiger partial charge in [0, 0.05) is 24.3 Å². The molecule has 2 aromatic rings. The van der Waals surface area contributed by atoms with E-state index in [1.807, 2.05) is 0 Å². The first-order chi connectivity index (χ1) is 13.9. The number of carbonyl (C=O) groups is 1. The third-order valence-corrected chi connectivity index (χ3v) is 6.35. The zero-order chi connectivity index (χ0) is 20.9. The van der Waals surface area contributed by atoms with Crippen molar-refractivity contribution < 1.29 is 22.3 Å². The molecule has 8 heteroatoms. The maximum Gasteiger partial charge on any atom is 0.264 e. The predicted molar refractivity (Wildman–Crippen MR) is 109 cm³/mol. The van der Waals surface area contributed by atoms with E-state index in [2.05, 4.69) is 4.72 Å². The lowest BCUT2D eigenvalue weighted by Gasteiger charge is -2.25. The van der Waals surface area contributed by atoms with Crippen molar-refractivity contribution in [3.05, 3.63) is 53.8 Å². The van der Waals surface area contributed by atoms with Crippen LogP contribution < -0.4 is 9.46 Å². The summed E-state index contributed by atoms with van der Waals surface area (Å²) in [4.78, 5) is 14.0. The molecule has 3 rings (SSSR count). The van der Waals surface area contributed by atoms with Crippen LogP contribution in [-0.4, -0.2) is 39.4 Å². The van der Waals surface area contributed by atoms with Crippen molar-refractivity contribution in [1.29, 1.82) is 0 Å². The lowest BCUT2D eigenvalue weighted by molar-refractivity contribution is 0.0742. The van der Waals surface area contributed by atoms with Gasteiger partial charge in [-0.15, -0.1) is 0 Å². The Hall–Kier alpha value is -2.61. The van der Waals surface area contributed by atoms with E-state index in [-0.39, 0.29) is 17.2 Å². The molecule has 1 amide bonds. The molecule has 1 N–H and O–H groups in total. The van der Waals surface area contributed by atoms with E-state index in [0.717, 1.165) is 44.2 Å². The fraction of sp³-hybridized carbons (Fsp3) is 0.381. The van der Waals surface area contributed by atoms with Crippen molar-refractivity contribution in [2.75, 3.05) is 24.9 Å². The Morgan fingerprint density at radius 1 is 1.00 bits per heavy atom. The van der Waals surface area contributed by atoms with Gasteiger partial charge in [-0.3, -0.25) is 9.52 Å². The third kappa shape index (κ3) is 5.26. The minimum atomic E-state index is -4.20. The molecule has 0 unspecified atom stereocenters. The number of carbonyl (C=O) groups excluding carboxylic acids is 1. The van der Waals surface area contributed by atoms with E-state index in [1.54, 1.807) is 17.0 Å². The highest BCUT2D eigenvalue weighted by Crippen LogP contribution is 2.23. The highest BCUT2D eigenvalue weighted by molar-refractivity contribution is 7.92. The minimum Gasteiger partial charge on any atom is -0.497 e. The van der Waals surface area contributed by atoms with E-state index < -0.39 is 20.7 Å². The van der Waals surface area contributed by atoms with Crippen LogP contribution in [0, 0.1) is 5.82 Å². The van der Waals surface area contributed by atoms with Crippen molar-refractivity contribution in [2.24, 2.45) is 0 Å². The second-order valence-corrected chi connectivity index (χ2v) is 8.69. The van der Waals surface area contributed by atoms with Gasteiger partial charge in [-0.25, -0.2) is 12.8 Å². The Kier molecular flexibility index (Phi) is 6.74. The first-order valence-electron chi connectivity index (χ1n) is 9.66. The molecule has 0 aromatic heterocycles. The average molecular weight is 421 g/mol. The van der Waals surface area contributed by atoms with Gasteiger partial charge in [0.2, 0.25) is 0 Å². The topological polar surface area (TPSA) is 75.7 Å². The van der Waals surface area contributed by atoms with Crippen LogP contribution in [0.15, 0.2) is 47.4 Å². The number of likely N-dealkylation sites (tertiary alicyclic amines) is 1. The van der Waals surface area contributed by atoms with Crippen LogP contribution in [0.5, 0.6) is 5.75 Å². The summed E-state index contributed by atoms with van der Waals surface area (Å²) >= 11 is 0. The van der Waals surface area contributed by atoms with Crippen LogP contribution in [0.3, 0.4) is 0 Å². The van der Waals surface area contributed by atoms with Crippen LogP contribution in [-0.2, 0) is 10.0 Å². The van der Waals surface area contributed by atoms with Gasteiger partial charge in [0.25, 0.3) is 15.9 Å². The fourth-order valence-corrected chi connectivity index (χ4v) is 4.51. The number of hydrogen-bond acceptors (Lipinski definition) is 4. The van der Waals surface area contributed by atoms with Crippen molar-refractivity contribution in [3.8, 4) is 5.75 Å². The number of amides is 1. The summed E-state index contributed by atoms with van der Waals surface area (Å²) in [6.45, 7) is 1.25. The lowest BCUT2D eigenvalue weighted by Crippen LogP contribution is -2.34. The molecule has 29 heavy (non-hydrogen) atoms. The van der Waals surface area contributed by atoms with Crippen LogP contribution in [0.2, 0.25) is 0 Å². The highest BCUT2D eigenvalue weighted by atomic mass is 32.2. The van der Waals surface area contributed by atoms with Crippen LogP contribution in [0.25, 0.3) is 0 Å². The zero-order valence-electron chi connectivity index (χ0n) is 16.4. The monoisotopic (exact) mass is 420 g/mol. The largest absolute Gasteiger partial charge is 0.497 e. The molecule has 156 valence electrons. The number of anilines is 1. The van der Waals surface area contributed by atoms with Crippen molar-refractivity contribution in [1.82, 2.24) is 4.90 Å². The molecular weight excluding hydrogens is 395 g/mol. The van der Waals surface area contributed by atoms with Gasteiger partial charge < -0.3 is 9.64 Å². The van der Waals surface area contributed by atoms with Crippen LogP contribution >= 0.6 is 0 Å². The number of hydrogen-bond donors (Lipinski definition) is 1. The predicted octanol–water partition coefficient (Wildman–Crippen LogP) is 4.04. The van der Waals surface area contributed by atoms with E-state index in [9.17, 15) is 17.6 Å². The van der Waals surface area contributed by atoms with Gasteiger partial charge in [-0.1, -0.05) is 19.3 Å². The number of methoxy groups -OCH3 is 1. The van der Waals surface area contributed by atoms with Gasteiger partial charge in [-0.2, -0.15) is 0 Å². The Morgan fingerprint density at radius 3 is 2.24 bits per heavy atom. The summed E-state index contributed by atoms with van der Waals surface area (Å²) < 4.78 is 47.2. The standard InChI is InChI=1S/C21H25FN2O4S/c1-28-18-10-8-17(9-11-18)23-29(26,27)20-15-16(7-12-19(20)22)21(25)24-13-5-3-2-4-6-14-24/h7-12,15,23H,2-6,13-14H2,1H3. The van der Waals surface area contributed by atoms with Gasteiger partial charge >= 0.3 is 0 Å². The number of sulfonamides is 1. The molecule has 0 aliphatic carbocycles. The van der Waals surface area contributed by atoms with E-state index in [0.29, 0.717) is 18.8 Å². The molecular formula is C21H25FN2O4S. The summed E-state index contributed by atoms with van der Waals surface area (Å²) in [6.07, 6.45) is 5.13. The van der Waals surface area contributed by atoms with Gasteiger partial charge in [0.15, 0.2) is 0 Å². The Morgan fingerprint density at radius 2 is 1.62 bits per heavy atom. The quantitative estimate of drug-likeness (QED) is 0.792. The summed E-state index contributed by atoms with van der Waals surface area (Å²) in [5.74, 6) is -0.608. The molecule has 0 radical (unpaired) electrons. The number of halogens is 1. The van der Waals surface area contributed by atoms with E-state index in [4.69, 9.17) is 4.74 Å². The Labute approximate surface area is 170 Å². The molecule has 2 aromatic carbocycles. The zero-order valence-corrected chi connectivity index (χ0v) is 17.2. The fourth-order valence-electron chi connectivity index (χ4n) is 3.34. The highest BCUT2D eigenvalue weighted by Gasteiger charge is 2.23. The summed E-state index contributed by atoms with van der Waals surface area (Å²) in [5.41, 5.74) is 0.438. The Bertz CT molecular complexity index is 953. The van der Waals surface area contributed by atoms with E-state index in [1.165, 1.54) is 25.3 Å². The lowest BCUT2D eigenvalue weighted by atomic mass is 10.1. The first-order valence-corrected chi connectivity index (χ1v) is 11.1. The molecule has 1 aliphatic heterocycles. The average Bonchev–Trinajstić information content (AvgIpc) is 2.68. The maximum atomic E-state index is 14.3. The van der Waals surface area contributed by atoms with Crippen molar-refractivity contribution in [3.63, 3.8) is 0 Å². The van der Waals surface area contributed by atoms with Gasteiger partial charge in [0.05, 0.1) is 7.11 Å². The molecule has 0 saturated carbocycles. The van der Waals surface area contributed by atoms with Gasteiger partial charge in [-0.05, 0) is 55.3 Å². The molecule has 1 aliphatic rings. The molecule has 0 spiro atoms. The third-order valence-electron chi connectivity index (χ3n) is 4.95.